The van der Waals surface area contributed by atoms with Crippen LogP contribution in [0, 0.1) is 5.92 Å². The third-order valence-corrected chi connectivity index (χ3v) is 2.71. The van der Waals surface area contributed by atoms with Gasteiger partial charge in [-0.2, -0.15) is 0 Å². The topological polar surface area (TPSA) is 32.3 Å². The maximum atomic E-state index is 11.4. The summed E-state index contributed by atoms with van der Waals surface area (Å²) in [5, 5.41) is 3.03. The number of urea groups is 1. The molecule has 0 aromatic carbocycles. The molecule has 3 nitrogen and oxygen atoms in total. The fraction of sp³-hybridized carbons (Fsp3) is 0.900. The van der Waals surface area contributed by atoms with Gasteiger partial charge in [0.05, 0.1) is 0 Å². The zero-order chi connectivity index (χ0) is 9.84. The van der Waals surface area contributed by atoms with Crippen molar-refractivity contribution >= 4 is 6.03 Å². The van der Waals surface area contributed by atoms with Crippen LogP contribution < -0.4 is 5.32 Å². The molecule has 0 heterocycles. The molecule has 1 N–H and O–H groups in total. The lowest BCUT2D eigenvalue weighted by Gasteiger charge is -2.15. The molecule has 0 radical (unpaired) electrons. The minimum atomic E-state index is 0.0751. The molecule has 0 aromatic heterocycles. The summed E-state index contributed by atoms with van der Waals surface area (Å²) in [6.45, 7) is 4.95. The predicted octanol–water partition coefficient (Wildman–Crippen LogP) is 1.84. The summed E-state index contributed by atoms with van der Waals surface area (Å²) < 4.78 is 0. The summed E-state index contributed by atoms with van der Waals surface area (Å²) in [4.78, 5) is 13.1. The van der Waals surface area contributed by atoms with Crippen molar-refractivity contribution in [2.24, 2.45) is 5.92 Å². The third-order valence-electron chi connectivity index (χ3n) is 2.71. The van der Waals surface area contributed by atoms with E-state index < -0.39 is 0 Å². The lowest BCUT2D eigenvalue weighted by molar-refractivity contribution is 0.210. The van der Waals surface area contributed by atoms with Crippen molar-refractivity contribution in [1.82, 2.24) is 10.2 Å². The molecule has 13 heavy (non-hydrogen) atoms. The Hall–Kier alpha value is -0.730. The van der Waals surface area contributed by atoms with Crippen molar-refractivity contribution in [1.29, 1.82) is 0 Å². The van der Waals surface area contributed by atoms with Crippen LogP contribution in [0.5, 0.6) is 0 Å². The Morgan fingerprint density at radius 2 is 2.23 bits per heavy atom. The molecule has 1 fully saturated rings. The fourth-order valence-electron chi connectivity index (χ4n) is 1.53. The SMILES string of the molecule is CCCC1CC1NC(=O)N(C)CC. The second-order valence-corrected chi connectivity index (χ2v) is 3.85. The Kier molecular flexibility index (Phi) is 3.58. The first kappa shape index (κ1) is 10.4. The molecule has 0 spiro atoms. The van der Waals surface area contributed by atoms with Gasteiger partial charge >= 0.3 is 6.03 Å². The minimum absolute atomic E-state index is 0.0751. The smallest absolute Gasteiger partial charge is 0.317 e. The third kappa shape index (κ3) is 2.90. The van der Waals surface area contributed by atoms with Gasteiger partial charge in [0.1, 0.15) is 0 Å². The van der Waals surface area contributed by atoms with E-state index in [0.29, 0.717) is 6.04 Å². The second kappa shape index (κ2) is 4.49. The molecular formula is C10H20N2O. The zero-order valence-electron chi connectivity index (χ0n) is 8.84. The first-order valence-corrected chi connectivity index (χ1v) is 5.20. The quantitative estimate of drug-likeness (QED) is 0.710. The van der Waals surface area contributed by atoms with Gasteiger partial charge < -0.3 is 10.2 Å². The van der Waals surface area contributed by atoms with E-state index in [1.807, 2.05) is 14.0 Å². The van der Waals surface area contributed by atoms with Crippen molar-refractivity contribution in [2.45, 2.75) is 39.2 Å². The molecular weight excluding hydrogens is 164 g/mol. The average molecular weight is 184 g/mol. The van der Waals surface area contributed by atoms with Crippen molar-refractivity contribution in [3.8, 4) is 0 Å². The molecule has 0 aromatic rings. The van der Waals surface area contributed by atoms with E-state index in [2.05, 4.69) is 12.2 Å². The van der Waals surface area contributed by atoms with Crippen molar-refractivity contribution in [2.75, 3.05) is 13.6 Å². The monoisotopic (exact) mass is 184 g/mol. The zero-order valence-corrected chi connectivity index (χ0v) is 8.84. The standard InChI is InChI=1S/C10H20N2O/c1-4-6-8-7-9(8)11-10(13)12(3)5-2/h8-9H,4-7H2,1-3H3,(H,11,13). The average Bonchev–Trinajstić information content (AvgIpc) is 2.83. The minimum Gasteiger partial charge on any atom is -0.335 e. The Bertz CT molecular complexity index is 182. The molecule has 1 saturated carbocycles. The maximum absolute atomic E-state index is 11.4. The molecule has 2 atom stereocenters. The van der Waals surface area contributed by atoms with Crippen LogP contribution in [0.4, 0.5) is 4.79 Å². The largest absolute Gasteiger partial charge is 0.335 e. The summed E-state index contributed by atoms with van der Waals surface area (Å²) in [5.41, 5.74) is 0. The molecule has 2 unspecified atom stereocenters. The van der Waals surface area contributed by atoms with Crippen LogP contribution in [-0.2, 0) is 0 Å². The van der Waals surface area contributed by atoms with Crippen LogP contribution in [-0.4, -0.2) is 30.6 Å². The van der Waals surface area contributed by atoms with Crippen molar-refractivity contribution in [3.63, 3.8) is 0 Å². The summed E-state index contributed by atoms with van der Waals surface area (Å²) >= 11 is 0. The van der Waals surface area contributed by atoms with E-state index in [1.54, 1.807) is 4.90 Å². The van der Waals surface area contributed by atoms with Gasteiger partial charge in [-0.05, 0) is 25.7 Å². The number of carbonyl (C=O) groups excluding carboxylic acids is 1. The number of amides is 2. The Morgan fingerprint density at radius 3 is 2.77 bits per heavy atom. The van der Waals surface area contributed by atoms with Crippen LogP contribution in [0.15, 0.2) is 0 Å². The van der Waals surface area contributed by atoms with Crippen LogP contribution in [0.1, 0.15) is 33.1 Å². The van der Waals surface area contributed by atoms with Crippen LogP contribution in [0.3, 0.4) is 0 Å². The highest BCUT2D eigenvalue weighted by molar-refractivity contribution is 5.74. The lowest BCUT2D eigenvalue weighted by atomic mass is 10.2. The van der Waals surface area contributed by atoms with Gasteiger partial charge in [-0.15, -0.1) is 0 Å². The summed E-state index contributed by atoms with van der Waals surface area (Å²) in [6.07, 6.45) is 3.65. The van der Waals surface area contributed by atoms with Gasteiger partial charge in [-0.25, -0.2) is 4.79 Å². The Balaban J connectivity index is 2.16. The number of hydrogen-bond donors (Lipinski definition) is 1. The molecule has 0 saturated heterocycles. The molecule has 1 aliphatic carbocycles. The van der Waals surface area contributed by atoms with E-state index >= 15 is 0 Å². The number of hydrogen-bond acceptors (Lipinski definition) is 1. The van der Waals surface area contributed by atoms with E-state index in [1.165, 1.54) is 19.3 Å². The van der Waals surface area contributed by atoms with E-state index in [-0.39, 0.29) is 6.03 Å². The second-order valence-electron chi connectivity index (χ2n) is 3.85. The van der Waals surface area contributed by atoms with Crippen molar-refractivity contribution in [3.05, 3.63) is 0 Å². The molecule has 1 rings (SSSR count). The maximum Gasteiger partial charge on any atom is 0.317 e. The lowest BCUT2D eigenvalue weighted by Crippen LogP contribution is -2.38. The molecule has 0 bridgehead atoms. The van der Waals surface area contributed by atoms with Crippen molar-refractivity contribution < 1.29 is 4.79 Å². The predicted molar refractivity (Wildman–Crippen MR) is 53.6 cm³/mol. The number of carbonyl (C=O) groups is 1. The van der Waals surface area contributed by atoms with E-state index in [4.69, 9.17) is 0 Å². The van der Waals surface area contributed by atoms with Gasteiger partial charge in [0, 0.05) is 19.6 Å². The highest BCUT2D eigenvalue weighted by Crippen LogP contribution is 2.34. The molecule has 76 valence electrons. The van der Waals surface area contributed by atoms with Gasteiger partial charge in [-0.1, -0.05) is 13.3 Å². The highest BCUT2D eigenvalue weighted by Gasteiger charge is 2.37. The Morgan fingerprint density at radius 1 is 1.54 bits per heavy atom. The van der Waals surface area contributed by atoms with Crippen LogP contribution in [0.2, 0.25) is 0 Å². The molecule has 3 heteroatoms. The normalized spacial score (nSPS) is 25.5. The number of nitrogens with zero attached hydrogens (tertiary/aromatic N) is 1. The van der Waals surface area contributed by atoms with Gasteiger partial charge in [0.15, 0.2) is 0 Å². The Labute approximate surface area is 80.5 Å². The van der Waals surface area contributed by atoms with Crippen LogP contribution >= 0.6 is 0 Å². The van der Waals surface area contributed by atoms with E-state index in [0.717, 1.165) is 12.5 Å². The summed E-state index contributed by atoms with van der Waals surface area (Å²) in [7, 11) is 1.83. The first-order chi connectivity index (χ1) is 6.19. The van der Waals surface area contributed by atoms with Gasteiger partial charge in [0.2, 0.25) is 0 Å². The number of nitrogens with one attached hydrogen (secondary N) is 1. The molecule has 2 amide bonds. The summed E-state index contributed by atoms with van der Waals surface area (Å²) in [5.74, 6) is 0.749. The molecule has 0 aliphatic heterocycles. The summed E-state index contributed by atoms with van der Waals surface area (Å²) in [6, 6.07) is 0.535. The van der Waals surface area contributed by atoms with E-state index in [9.17, 15) is 4.79 Å². The van der Waals surface area contributed by atoms with Gasteiger partial charge in [0.25, 0.3) is 0 Å². The highest BCUT2D eigenvalue weighted by atomic mass is 16.2. The fourth-order valence-corrected chi connectivity index (χ4v) is 1.53. The van der Waals surface area contributed by atoms with Crippen LogP contribution in [0.25, 0.3) is 0 Å². The van der Waals surface area contributed by atoms with Gasteiger partial charge in [-0.3, -0.25) is 0 Å². The molecule has 1 aliphatic rings. The first-order valence-electron chi connectivity index (χ1n) is 5.20. The number of rotatable bonds is 4.